The van der Waals surface area contributed by atoms with Gasteiger partial charge in [0.15, 0.2) is 0 Å². The monoisotopic (exact) mass is 260 g/mol. The Morgan fingerprint density at radius 1 is 1.53 bits per heavy atom. The van der Waals surface area contributed by atoms with Crippen LogP contribution in [-0.2, 0) is 9.53 Å². The van der Waals surface area contributed by atoms with Crippen molar-refractivity contribution in [2.45, 2.75) is 40.0 Å². The van der Waals surface area contributed by atoms with Crippen molar-refractivity contribution in [3.8, 4) is 0 Å². The second kappa shape index (κ2) is 5.36. The lowest BCUT2D eigenvalue weighted by Gasteiger charge is -2.33. The average molecular weight is 260 g/mol. The summed E-state index contributed by atoms with van der Waals surface area (Å²) >= 11 is 0. The van der Waals surface area contributed by atoms with E-state index in [0.717, 1.165) is 11.8 Å². The molecular weight excluding hydrogens is 236 g/mol. The van der Waals surface area contributed by atoms with Crippen LogP contribution in [0.3, 0.4) is 0 Å². The van der Waals surface area contributed by atoms with Gasteiger partial charge in [-0.1, -0.05) is 37.3 Å². The first-order valence-electron chi connectivity index (χ1n) is 7.21. The normalized spacial score (nSPS) is 34.3. The lowest BCUT2D eigenvalue weighted by molar-refractivity contribution is -0.138. The van der Waals surface area contributed by atoms with Crippen molar-refractivity contribution >= 4 is 5.97 Å². The van der Waals surface area contributed by atoms with Crippen LogP contribution in [0.1, 0.15) is 40.0 Å². The molecule has 0 aliphatic heterocycles. The van der Waals surface area contributed by atoms with Crippen LogP contribution >= 0.6 is 0 Å². The Morgan fingerprint density at radius 2 is 2.26 bits per heavy atom. The Bertz CT molecular complexity index is 444. The predicted octanol–water partition coefficient (Wildman–Crippen LogP) is 4.04. The number of ether oxygens (including phenoxy) is 1. The van der Waals surface area contributed by atoms with Gasteiger partial charge in [0.25, 0.3) is 0 Å². The summed E-state index contributed by atoms with van der Waals surface area (Å²) < 4.78 is 4.96. The van der Waals surface area contributed by atoms with Crippen molar-refractivity contribution in [3.05, 3.63) is 36.0 Å². The minimum Gasteiger partial charge on any atom is -0.463 e. The Hall–Kier alpha value is -1.31. The molecule has 19 heavy (non-hydrogen) atoms. The molecule has 0 radical (unpaired) electrons. The molecule has 2 fully saturated rings. The molecule has 2 rings (SSSR count). The molecule has 0 aromatic carbocycles. The summed E-state index contributed by atoms with van der Waals surface area (Å²) in [6, 6.07) is 0. The number of carbonyl (C=O) groups is 1. The van der Waals surface area contributed by atoms with E-state index in [9.17, 15) is 4.79 Å². The molecule has 0 heterocycles. The topological polar surface area (TPSA) is 26.3 Å². The van der Waals surface area contributed by atoms with Crippen molar-refractivity contribution in [3.63, 3.8) is 0 Å². The fraction of sp³-hybridized carbons (Fsp3) is 0.588. The predicted molar refractivity (Wildman–Crippen MR) is 77.6 cm³/mol. The number of allylic oxidation sites excluding steroid dienone is 4. The number of carbonyl (C=O) groups excluding carboxylic acids is 1. The van der Waals surface area contributed by atoms with E-state index in [0.29, 0.717) is 12.2 Å². The van der Waals surface area contributed by atoms with Gasteiger partial charge in [-0.3, -0.25) is 0 Å². The fourth-order valence-electron chi connectivity index (χ4n) is 3.49. The molecule has 0 aromatic heterocycles. The molecule has 104 valence electrons. The lowest BCUT2D eigenvalue weighted by Crippen LogP contribution is -2.23. The molecule has 0 spiro atoms. The highest BCUT2D eigenvalue weighted by Gasteiger charge is 2.49. The van der Waals surface area contributed by atoms with Gasteiger partial charge in [0.1, 0.15) is 0 Å². The molecule has 0 aromatic rings. The lowest BCUT2D eigenvalue weighted by atomic mass is 9.71. The van der Waals surface area contributed by atoms with E-state index in [4.69, 9.17) is 4.74 Å². The molecule has 2 saturated carbocycles. The van der Waals surface area contributed by atoms with Gasteiger partial charge in [-0.15, -0.1) is 0 Å². The summed E-state index contributed by atoms with van der Waals surface area (Å²) in [5.74, 6) is 1.22. The van der Waals surface area contributed by atoms with Crippen LogP contribution in [0.2, 0.25) is 0 Å². The molecule has 0 unspecified atom stereocenters. The summed E-state index contributed by atoms with van der Waals surface area (Å²) in [6.45, 7) is 10.6. The van der Waals surface area contributed by atoms with Gasteiger partial charge in [-0.25, -0.2) is 4.79 Å². The van der Waals surface area contributed by atoms with E-state index in [1.165, 1.54) is 24.8 Å². The van der Waals surface area contributed by atoms with E-state index >= 15 is 0 Å². The van der Waals surface area contributed by atoms with Crippen molar-refractivity contribution in [1.29, 1.82) is 0 Å². The van der Waals surface area contributed by atoms with Crippen LogP contribution in [0.5, 0.6) is 0 Å². The Balaban J connectivity index is 2.05. The van der Waals surface area contributed by atoms with Gasteiger partial charge >= 0.3 is 5.97 Å². The number of esters is 1. The summed E-state index contributed by atoms with van der Waals surface area (Å²) in [4.78, 5) is 11.5. The maximum absolute atomic E-state index is 11.5. The number of hydrogen-bond donors (Lipinski definition) is 0. The molecule has 2 aliphatic rings. The molecule has 2 bridgehead atoms. The quantitative estimate of drug-likeness (QED) is 0.330. The van der Waals surface area contributed by atoms with E-state index in [-0.39, 0.29) is 11.4 Å². The fourth-order valence-corrected chi connectivity index (χ4v) is 3.49. The zero-order chi connectivity index (χ0) is 14.0. The van der Waals surface area contributed by atoms with Crippen molar-refractivity contribution in [1.82, 2.24) is 0 Å². The van der Waals surface area contributed by atoms with E-state index in [1.54, 1.807) is 6.92 Å². The summed E-state index contributed by atoms with van der Waals surface area (Å²) in [5, 5.41) is 0. The Labute approximate surface area is 116 Å². The van der Waals surface area contributed by atoms with Crippen LogP contribution in [0, 0.1) is 17.3 Å². The number of fused-ring (bicyclic) bond motifs is 2. The molecule has 0 N–H and O–H groups in total. The van der Waals surface area contributed by atoms with Crippen molar-refractivity contribution in [2.75, 3.05) is 6.61 Å². The van der Waals surface area contributed by atoms with Gasteiger partial charge in [0, 0.05) is 11.0 Å². The van der Waals surface area contributed by atoms with Crippen LogP contribution in [0.25, 0.3) is 0 Å². The van der Waals surface area contributed by atoms with Crippen LogP contribution in [0.4, 0.5) is 0 Å². The third-order valence-corrected chi connectivity index (χ3v) is 4.85. The Kier molecular flexibility index (Phi) is 3.98. The van der Waals surface area contributed by atoms with Crippen molar-refractivity contribution < 1.29 is 9.53 Å². The Morgan fingerprint density at radius 3 is 2.84 bits per heavy atom. The highest BCUT2D eigenvalue weighted by molar-refractivity contribution is 5.88. The molecule has 3 atom stereocenters. The van der Waals surface area contributed by atoms with Gasteiger partial charge < -0.3 is 4.74 Å². The highest BCUT2D eigenvalue weighted by Crippen LogP contribution is 2.59. The maximum Gasteiger partial charge on any atom is 0.333 e. The standard InChI is InChI=1S/C17H24O2/c1-5-19-16(18)12(2)7-6-10-17(4)13(3)14-8-9-15(17)11-14/h6-7,10,14-15H,3,5,8-9,11H2,1-2,4H3/b10-6+,12-7+/t14-,15+,17+/m1/s1. The zero-order valence-electron chi connectivity index (χ0n) is 12.2. The van der Waals surface area contributed by atoms with E-state index in [1.807, 2.05) is 19.1 Å². The summed E-state index contributed by atoms with van der Waals surface area (Å²) in [7, 11) is 0. The molecule has 2 heteroatoms. The highest BCUT2D eigenvalue weighted by atomic mass is 16.5. The SMILES string of the molecule is C=C1[C@@H]2CC[C@@H](C2)[C@@]1(C)/C=C/C=C(\C)C(=O)OCC. The molecule has 0 amide bonds. The van der Waals surface area contributed by atoms with Gasteiger partial charge in [0.2, 0.25) is 0 Å². The molecular formula is C17H24O2. The molecule has 2 nitrogen and oxygen atoms in total. The molecule has 0 saturated heterocycles. The second-order valence-corrected chi connectivity index (χ2v) is 5.94. The third kappa shape index (κ3) is 2.54. The average Bonchev–Trinajstić information content (AvgIpc) is 2.94. The zero-order valence-corrected chi connectivity index (χ0v) is 12.2. The number of hydrogen-bond acceptors (Lipinski definition) is 2. The number of rotatable bonds is 4. The van der Waals surface area contributed by atoms with Gasteiger partial charge in [-0.05, 0) is 44.9 Å². The summed E-state index contributed by atoms with van der Waals surface area (Å²) in [6.07, 6.45) is 9.98. The van der Waals surface area contributed by atoms with Crippen LogP contribution in [0.15, 0.2) is 36.0 Å². The first kappa shape index (κ1) is 14.1. The van der Waals surface area contributed by atoms with E-state index < -0.39 is 0 Å². The van der Waals surface area contributed by atoms with Gasteiger partial charge in [-0.2, -0.15) is 0 Å². The largest absolute Gasteiger partial charge is 0.463 e. The van der Waals surface area contributed by atoms with E-state index in [2.05, 4.69) is 19.6 Å². The second-order valence-electron chi connectivity index (χ2n) is 5.94. The molecule has 2 aliphatic carbocycles. The summed E-state index contributed by atoms with van der Waals surface area (Å²) in [5.41, 5.74) is 2.15. The van der Waals surface area contributed by atoms with Crippen molar-refractivity contribution in [2.24, 2.45) is 17.3 Å². The van der Waals surface area contributed by atoms with Gasteiger partial charge in [0.05, 0.1) is 6.61 Å². The first-order valence-corrected chi connectivity index (χ1v) is 7.21. The minimum absolute atomic E-state index is 0.119. The third-order valence-electron chi connectivity index (χ3n) is 4.85. The first-order chi connectivity index (χ1) is 8.99. The van der Waals surface area contributed by atoms with Crippen LogP contribution in [-0.4, -0.2) is 12.6 Å². The maximum atomic E-state index is 11.5. The smallest absolute Gasteiger partial charge is 0.333 e. The van der Waals surface area contributed by atoms with Crippen LogP contribution < -0.4 is 0 Å². The minimum atomic E-state index is -0.232.